The molecule has 0 saturated heterocycles. The molecule has 6 heteroatoms. The van der Waals surface area contributed by atoms with E-state index < -0.39 is 17.8 Å². The lowest BCUT2D eigenvalue weighted by Gasteiger charge is -2.15. The fraction of sp³-hybridized carbons (Fsp3) is 0.400. The summed E-state index contributed by atoms with van der Waals surface area (Å²) in [4.78, 5) is 36.3. The molecule has 2 amide bonds. The zero-order valence-corrected chi connectivity index (χ0v) is 17.5. The molecule has 0 heterocycles. The van der Waals surface area contributed by atoms with Crippen LogP contribution in [0.5, 0.6) is 0 Å². The van der Waals surface area contributed by atoms with E-state index in [1.165, 1.54) is 12.8 Å². The van der Waals surface area contributed by atoms with Gasteiger partial charge in [-0.05, 0) is 48.9 Å². The standard InChI is InChI=1S/C25H28N2O4/c28-23(21-6-3-7-22(21)24(29)30)18-10-8-16(9-11-18)17-12-14-20(15-13-17)27-25(31)26-19-4-1-2-5-19/h8-15,19,21-22H,1-7H2,(H,29,30)(H2,26,27,31)/t21-,22-/m1/s1. The van der Waals surface area contributed by atoms with E-state index in [0.717, 1.165) is 36.1 Å². The van der Waals surface area contributed by atoms with Crippen LogP contribution in [0.25, 0.3) is 11.1 Å². The van der Waals surface area contributed by atoms with Gasteiger partial charge in [-0.1, -0.05) is 55.7 Å². The van der Waals surface area contributed by atoms with Gasteiger partial charge in [-0.25, -0.2) is 4.79 Å². The number of nitrogens with one attached hydrogen (secondary N) is 2. The Labute approximate surface area is 182 Å². The second kappa shape index (κ2) is 9.33. The molecule has 4 rings (SSSR count). The molecule has 2 aliphatic rings. The number of carbonyl (C=O) groups excluding carboxylic acids is 2. The summed E-state index contributed by atoms with van der Waals surface area (Å²) in [6.45, 7) is 0. The molecule has 0 bridgehead atoms. The SMILES string of the molecule is O=C(Nc1ccc(-c2ccc(C(=O)[C@@H]3CCC[C@H]3C(=O)O)cc2)cc1)NC1CCCC1. The van der Waals surface area contributed by atoms with Gasteiger partial charge in [0.2, 0.25) is 0 Å². The minimum atomic E-state index is -0.877. The highest BCUT2D eigenvalue weighted by Gasteiger charge is 2.37. The third-order valence-corrected chi connectivity index (χ3v) is 6.51. The van der Waals surface area contributed by atoms with Gasteiger partial charge in [0.05, 0.1) is 5.92 Å². The summed E-state index contributed by atoms with van der Waals surface area (Å²) in [7, 11) is 0. The number of urea groups is 1. The summed E-state index contributed by atoms with van der Waals surface area (Å²) >= 11 is 0. The number of aliphatic carboxylic acids is 1. The molecule has 2 aromatic rings. The first kappa shape index (κ1) is 21.1. The Balaban J connectivity index is 1.38. The van der Waals surface area contributed by atoms with Crippen LogP contribution in [0.15, 0.2) is 48.5 Å². The maximum atomic E-state index is 12.8. The van der Waals surface area contributed by atoms with E-state index in [-0.39, 0.29) is 17.9 Å². The molecule has 2 aliphatic carbocycles. The van der Waals surface area contributed by atoms with E-state index in [2.05, 4.69) is 10.6 Å². The van der Waals surface area contributed by atoms with E-state index >= 15 is 0 Å². The number of carboxylic acids is 1. The highest BCUT2D eigenvalue weighted by Crippen LogP contribution is 2.35. The third kappa shape index (κ3) is 4.95. The van der Waals surface area contributed by atoms with Crippen molar-refractivity contribution in [3.8, 4) is 11.1 Å². The zero-order valence-electron chi connectivity index (χ0n) is 17.5. The molecule has 0 unspecified atom stereocenters. The van der Waals surface area contributed by atoms with Gasteiger partial charge in [-0.3, -0.25) is 9.59 Å². The largest absolute Gasteiger partial charge is 0.481 e. The Morgan fingerprint density at radius 3 is 1.94 bits per heavy atom. The second-order valence-corrected chi connectivity index (χ2v) is 8.58. The van der Waals surface area contributed by atoms with Crippen molar-refractivity contribution in [2.24, 2.45) is 11.8 Å². The van der Waals surface area contributed by atoms with Crippen molar-refractivity contribution in [3.63, 3.8) is 0 Å². The quantitative estimate of drug-likeness (QED) is 0.567. The Morgan fingerprint density at radius 1 is 0.742 bits per heavy atom. The van der Waals surface area contributed by atoms with Crippen molar-refractivity contribution >= 4 is 23.5 Å². The van der Waals surface area contributed by atoms with Crippen LogP contribution in [0.1, 0.15) is 55.3 Å². The van der Waals surface area contributed by atoms with Gasteiger partial charge in [-0.15, -0.1) is 0 Å². The molecule has 0 aliphatic heterocycles. The van der Waals surface area contributed by atoms with Crippen molar-refractivity contribution in [1.29, 1.82) is 0 Å². The summed E-state index contributed by atoms with van der Waals surface area (Å²) in [5, 5.41) is 15.2. The zero-order chi connectivity index (χ0) is 21.8. The predicted molar refractivity (Wildman–Crippen MR) is 119 cm³/mol. The number of amides is 2. The van der Waals surface area contributed by atoms with Crippen LogP contribution in [0.2, 0.25) is 0 Å². The van der Waals surface area contributed by atoms with Gasteiger partial charge in [0.25, 0.3) is 0 Å². The lowest BCUT2D eigenvalue weighted by Crippen LogP contribution is -2.36. The van der Waals surface area contributed by atoms with Gasteiger partial charge in [0.1, 0.15) is 0 Å². The molecule has 2 saturated carbocycles. The van der Waals surface area contributed by atoms with E-state index in [4.69, 9.17) is 0 Å². The Morgan fingerprint density at radius 2 is 1.32 bits per heavy atom. The predicted octanol–water partition coefficient (Wildman–Crippen LogP) is 5.10. The lowest BCUT2D eigenvalue weighted by atomic mass is 9.88. The number of rotatable bonds is 6. The van der Waals surface area contributed by atoms with Gasteiger partial charge in [0.15, 0.2) is 5.78 Å². The number of anilines is 1. The fourth-order valence-corrected chi connectivity index (χ4v) is 4.78. The number of hydrogen-bond donors (Lipinski definition) is 3. The summed E-state index contributed by atoms with van der Waals surface area (Å²) in [5.41, 5.74) is 3.22. The monoisotopic (exact) mass is 420 g/mol. The number of Topliss-reactive ketones (excluding diaryl/α,β-unsaturated/α-hetero) is 1. The Kier molecular flexibility index (Phi) is 6.35. The maximum Gasteiger partial charge on any atom is 0.319 e. The molecule has 2 aromatic carbocycles. The Hall–Kier alpha value is -3.15. The first-order chi connectivity index (χ1) is 15.0. The molecule has 6 nitrogen and oxygen atoms in total. The van der Waals surface area contributed by atoms with Crippen molar-refractivity contribution in [1.82, 2.24) is 5.32 Å². The van der Waals surface area contributed by atoms with Gasteiger partial charge < -0.3 is 15.7 Å². The molecular weight excluding hydrogens is 392 g/mol. The van der Waals surface area contributed by atoms with Crippen molar-refractivity contribution < 1.29 is 19.5 Å². The molecule has 2 fully saturated rings. The fourth-order valence-electron chi connectivity index (χ4n) is 4.78. The minimum absolute atomic E-state index is 0.0794. The number of carbonyl (C=O) groups is 3. The van der Waals surface area contributed by atoms with Crippen LogP contribution >= 0.6 is 0 Å². The van der Waals surface area contributed by atoms with Crippen LogP contribution in [0.3, 0.4) is 0 Å². The molecular formula is C25H28N2O4. The average molecular weight is 421 g/mol. The van der Waals surface area contributed by atoms with Crippen LogP contribution < -0.4 is 10.6 Å². The summed E-state index contributed by atoms with van der Waals surface area (Å²) in [5.74, 6) is -1.95. The second-order valence-electron chi connectivity index (χ2n) is 8.58. The van der Waals surface area contributed by atoms with Crippen LogP contribution in [-0.4, -0.2) is 28.9 Å². The Bertz CT molecular complexity index is 946. The van der Waals surface area contributed by atoms with Crippen LogP contribution in [0, 0.1) is 11.8 Å². The van der Waals surface area contributed by atoms with E-state index in [1.807, 2.05) is 36.4 Å². The van der Waals surface area contributed by atoms with E-state index in [9.17, 15) is 19.5 Å². The molecule has 2 atom stereocenters. The molecule has 31 heavy (non-hydrogen) atoms. The summed E-state index contributed by atoms with van der Waals surface area (Å²) < 4.78 is 0. The first-order valence-electron chi connectivity index (χ1n) is 11.1. The van der Waals surface area contributed by atoms with E-state index in [1.54, 1.807) is 12.1 Å². The van der Waals surface area contributed by atoms with Crippen molar-refractivity contribution in [2.45, 2.75) is 51.0 Å². The molecule has 3 N–H and O–H groups in total. The van der Waals surface area contributed by atoms with E-state index in [0.29, 0.717) is 18.4 Å². The van der Waals surface area contributed by atoms with Crippen molar-refractivity contribution in [2.75, 3.05) is 5.32 Å². The number of ketones is 1. The topological polar surface area (TPSA) is 95.5 Å². The van der Waals surface area contributed by atoms with Crippen molar-refractivity contribution in [3.05, 3.63) is 54.1 Å². The first-order valence-corrected chi connectivity index (χ1v) is 11.1. The third-order valence-electron chi connectivity index (χ3n) is 6.51. The highest BCUT2D eigenvalue weighted by atomic mass is 16.4. The van der Waals surface area contributed by atoms with Crippen LogP contribution in [-0.2, 0) is 4.79 Å². The number of carboxylic acid groups (broad SMARTS) is 1. The maximum absolute atomic E-state index is 12.8. The highest BCUT2D eigenvalue weighted by molar-refractivity contribution is 6.00. The minimum Gasteiger partial charge on any atom is -0.481 e. The van der Waals surface area contributed by atoms with Gasteiger partial charge >= 0.3 is 12.0 Å². The summed E-state index contributed by atoms with van der Waals surface area (Å²) in [6, 6.07) is 15.0. The number of benzene rings is 2. The molecule has 0 radical (unpaired) electrons. The number of hydrogen-bond acceptors (Lipinski definition) is 3. The van der Waals surface area contributed by atoms with Gasteiger partial charge in [-0.2, -0.15) is 0 Å². The van der Waals surface area contributed by atoms with Crippen LogP contribution in [0.4, 0.5) is 10.5 Å². The normalized spacial score (nSPS) is 21.0. The average Bonchev–Trinajstić information content (AvgIpc) is 3.46. The molecule has 0 spiro atoms. The molecule has 0 aromatic heterocycles. The summed E-state index contributed by atoms with van der Waals surface area (Å²) in [6.07, 6.45) is 6.43. The van der Waals surface area contributed by atoms with Gasteiger partial charge in [0, 0.05) is 23.2 Å². The molecule has 162 valence electrons. The lowest BCUT2D eigenvalue weighted by molar-refractivity contribution is -0.142. The smallest absolute Gasteiger partial charge is 0.319 e.